The summed E-state index contributed by atoms with van der Waals surface area (Å²) in [6, 6.07) is 0.427. The fourth-order valence-corrected chi connectivity index (χ4v) is 2.98. The Labute approximate surface area is 112 Å². The van der Waals surface area contributed by atoms with Crippen molar-refractivity contribution in [3.8, 4) is 0 Å². The van der Waals surface area contributed by atoms with Gasteiger partial charge in [-0.15, -0.1) is 0 Å². The first-order valence-electron chi connectivity index (χ1n) is 7.32. The van der Waals surface area contributed by atoms with Gasteiger partial charge in [-0.1, -0.05) is 27.2 Å². The summed E-state index contributed by atoms with van der Waals surface area (Å²) in [5, 5.41) is 6.17. The maximum atomic E-state index is 11.5. The second-order valence-electron chi connectivity index (χ2n) is 6.77. The molecule has 1 saturated carbocycles. The highest BCUT2D eigenvalue weighted by Gasteiger charge is 2.28. The minimum atomic E-state index is -0.0776. The lowest BCUT2D eigenvalue weighted by atomic mass is 9.76. The van der Waals surface area contributed by atoms with Gasteiger partial charge >= 0.3 is 0 Å². The van der Waals surface area contributed by atoms with Gasteiger partial charge in [0.05, 0.1) is 6.04 Å². The SMILES string of the molecule is CNC(=O)C(C)NC1CCCC(C(C)(C)C)CC1. The highest BCUT2D eigenvalue weighted by atomic mass is 16.2. The van der Waals surface area contributed by atoms with Crippen molar-refractivity contribution in [2.45, 2.75) is 71.9 Å². The second-order valence-corrected chi connectivity index (χ2v) is 6.77. The molecule has 3 atom stereocenters. The van der Waals surface area contributed by atoms with Crippen LogP contribution in [0.3, 0.4) is 0 Å². The Kier molecular flexibility index (Phi) is 5.64. The van der Waals surface area contributed by atoms with Crippen molar-refractivity contribution in [2.75, 3.05) is 7.05 Å². The fourth-order valence-electron chi connectivity index (χ4n) is 2.98. The van der Waals surface area contributed by atoms with E-state index < -0.39 is 0 Å². The Morgan fingerprint density at radius 2 is 1.83 bits per heavy atom. The molecule has 3 nitrogen and oxygen atoms in total. The molecule has 1 aliphatic carbocycles. The van der Waals surface area contributed by atoms with Crippen LogP contribution in [-0.4, -0.2) is 25.0 Å². The van der Waals surface area contributed by atoms with Crippen molar-refractivity contribution in [1.29, 1.82) is 0 Å². The summed E-state index contributed by atoms with van der Waals surface area (Å²) in [5.74, 6) is 0.909. The minimum absolute atomic E-state index is 0.0776. The number of hydrogen-bond donors (Lipinski definition) is 2. The van der Waals surface area contributed by atoms with Crippen molar-refractivity contribution in [3.63, 3.8) is 0 Å². The molecule has 0 heterocycles. The molecule has 0 bridgehead atoms. The molecule has 0 aromatic carbocycles. The van der Waals surface area contributed by atoms with Crippen LogP contribution < -0.4 is 10.6 Å². The third kappa shape index (κ3) is 4.60. The molecule has 0 radical (unpaired) electrons. The molecule has 0 spiro atoms. The van der Waals surface area contributed by atoms with Gasteiger partial charge in [0.1, 0.15) is 0 Å². The zero-order chi connectivity index (χ0) is 13.8. The summed E-state index contributed by atoms with van der Waals surface area (Å²) in [5.41, 5.74) is 0.418. The molecule has 0 aliphatic heterocycles. The maximum absolute atomic E-state index is 11.5. The summed E-state index contributed by atoms with van der Waals surface area (Å²) >= 11 is 0. The van der Waals surface area contributed by atoms with E-state index in [-0.39, 0.29) is 11.9 Å². The first-order valence-corrected chi connectivity index (χ1v) is 7.32. The molecule has 18 heavy (non-hydrogen) atoms. The zero-order valence-electron chi connectivity index (χ0n) is 12.7. The Bertz CT molecular complexity index is 270. The van der Waals surface area contributed by atoms with Crippen LogP contribution in [0.1, 0.15) is 59.8 Å². The molecule has 3 unspecified atom stereocenters. The largest absolute Gasteiger partial charge is 0.358 e. The summed E-state index contributed by atoms with van der Waals surface area (Å²) in [6.07, 6.45) is 6.29. The van der Waals surface area contributed by atoms with Gasteiger partial charge in [0, 0.05) is 13.1 Å². The third-order valence-corrected chi connectivity index (χ3v) is 4.32. The summed E-state index contributed by atoms with van der Waals surface area (Å²) < 4.78 is 0. The molecule has 1 amide bonds. The van der Waals surface area contributed by atoms with Gasteiger partial charge in [-0.2, -0.15) is 0 Å². The van der Waals surface area contributed by atoms with Crippen LogP contribution in [0.25, 0.3) is 0 Å². The van der Waals surface area contributed by atoms with Gasteiger partial charge in [0.25, 0.3) is 0 Å². The number of likely N-dealkylation sites (N-methyl/N-ethyl adjacent to an activating group) is 1. The molecule has 1 rings (SSSR count). The molecular formula is C15H30N2O. The lowest BCUT2D eigenvalue weighted by molar-refractivity contribution is -0.122. The van der Waals surface area contributed by atoms with Crippen molar-refractivity contribution < 1.29 is 4.79 Å². The van der Waals surface area contributed by atoms with E-state index in [0.717, 1.165) is 5.92 Å². The quantitative estimate of drug-likeness (QED) is 0.760. The van der Waals surface area contributed by atoms with E-state index in [4.69, 9.17) is 0 Å². The van der Waals surface area contributed by atoms with Gasteiger partial charge in [0.2, 0.25) is 5.91 Å². The summed E-state index contributed by atoms with van der Waals surface area (Å²) in [6.45, 7) is 8.99. The van der Waals surface area contributed by atoms with Crippen molar-refractivity contribution in [2.24, 2.45) is 11.3 Å². The average molecular weight is 254 g/mol. The van der Waals surface area contributed by atoms with Gasteiger partial charge in [-0.05, 0) is 43.9 Å². The summed E-state index contributed by atoms with van der Waals surface area (Å²) in [4.78, 5) is 11.5. The number of nitrogens with one attached hydrogen (secondary N) is 2. The van der Waals surface area contributed by atoms with E-state index in [2.05, 4.69) is 31.4 Å². The molecule has 2 N–H and O–H groups in total. The summed E-state index contributed by atoms with van der Waals surface area (Å²) in [7, 11) is 1.70. The number of hydrogen-bond acceptors (Lipinski definition) is 2. The highest BCUT2D eigenvalue weighted by molar-refractivity contribution is 5.80. The van der Waals surface area contributed by atoms with E-state index >= 15 is 0 Å². The Morgan fingerprint density at radius 3 is 2.39 bits per heavy atom. The molecule has 0 aromatic heterocycles. The molecular weight excluding hydrogens is 224 g/mol. The normalized spacial score (nSPS) is 27.4. The zero-order valence-corrected chi connectivity index (χ0v) is 12.7. The van der Waals surface area contributed by atoms with Crippen LogP contribution in [-0.2, 0) is 4.79 Å². The molecule has 0 saturated heterocycles. The fraction of sp³-hybridized carbons (Fsp3) is 0.933. The molecule has 1 aliphatic rings. The number of rotatable bonds is 3. The van der Waals surface area contributed by atoms with Crippen LogP contribution in [0.15, 0.2) is 0 Å². The second kappa shape index (κ2) is 6.55. The van der Waals surface area contributed by atoms with E-state index in [1.165, 1.54) is 32.1 Å². The smallest absolute Gasteiger partial charge is 0.236 e. The Hall–Kier alpha value is -0.570. The van der Waals surface area contributed by atoms with Crippen LogP contribution in [0.5, 0.6) is 0 Å². The van der Waals surface area contributed by atoms with Gasteiger partial charge < -0.3 is 10.6 Å². The number of carbonyl (C=O) groups excluding carboxylic acids is 1. The van der Waals surface area contributed by atoms with Crippen molar-refractivity contribution >= 4 is 5.91 Å². The van der Waals surface area contributed by atoms with E-state index in [0.29, 0.717) is 11.5 Å². The number of carbonyl (C=O) groups is 1. The van der Waals surface area contributed by atoms with Gasteiger partial charge in [-0.3, -0.25) is 4.79 Å². The lowest BCUT2D eigenvalue weighted by Gasteiger charge is -2.30. The topological polar surface area (TPSA) is 41.1 Å². The highest BCUT2D eigenvalue weighted by Crippen LogP contribution is 2.36. The first-order chi connectivity index (χ1) is 8.34. The van der Waals surface area contributed by atoms with Crippen LogP contribution in [0.2, 0.25) is 0 Å². The molecule has 106 valence electrons. The Balaban J connectivity index is 2.45. The third-order valence-electron chi connectivity index (χ3n) is 4.32. The predicted molar refractivity (Wildman–Crippen MR) is 76.5 cm³/mol. The average Bonchev–Trinajstić information content (AvgIpc) is 2.52. The van der Waals surface area contributed by atoms with Gasteiger partial charge in [0.15, 0.2) is 0 Å². The van der Waals surface area contributed by atoms with Crippen LogP contribution in [0, 0.1) is 11.3 Å². The van der Waals surface area contributed by atoms with Crippen LogP contribution >= 0.6 is 0 Å². The van der Waals surface area contributed by atoms with E-state index in [9.17, 15) is 4.79 Å². The standard InChI is InChI=1S/C15H30N2O/c1-11(14(18)16-5)17-13-8-6-7-12(9-10-13)15(2,3)4/h11-13,17H,6-10H2,1-5H3,(H,16,18). The molecule has 3 heteroatoms. The minimum Gasteiger partial charge on any atom is -0.358 e. The Morgan fingerprint density at radius 1 is 1.17 bits per heavy atom. The molecule has 1 fully saturated rings. The van der Waals surface area contributed by atoms with E-state index in [1.807, 2.05) is 6.92 Å². The predicted octanol–water partition coefficient (Wildman–Crippen LogP) is 2.71. The monoisotopic (exact) mass is 254 g/mol. The number of amides is 1. The van der Waals surface area contributed by atoms with Gasteiger partial charge in [-0.25, -0.2) is 0 Å². The van der Waals surface area contributed by atoms with E-state index in [1.54, 1.807) is 7.05 Å². The molecule has 0 aromatic rings. The van der Waals surface area contributed by atoms with Crippen molar-refractivity contribution in [3.05, 3.63) is 0 Å². The van der Waals surface area contributed by atoms with Crippen LogP contribution in [0.4, 0.5) is 0 Å². The lowest BCUT2D eigenvalue weighted by Crippen LogP contribution is -2.45. The van der Waals surface area contributed by atoms with Crippen molar-refractivity contribution in [1.82, 2.24) is 10.6 Å². The first kappa shape index (κ1) is 15.5. The maximum Gasteiger partial charge on any atom is 0.236 e.